The molecule has 2 fully saturated rings. The zero-order valence-electron chi connectivity index (χ0n) is 11.4. The van der Waals surface area contributed by atoms with E-state index in [1.807, 2.05) is 25.1 Å². The van der Waals surface area contributed by atoms with Crippen molar-refractivity contribution >= 4 is 18.5 Å². The lowest BCUT2D eigenvalue weighted by molar-refractivity contribution is 0.0941. The number of amides is 1. The zero-order chi connectivity index (χ0) is 13.4. The van der Waals surface area contributed by atoms with Crippen LogP contribution < -0.4 is 5.32 Å². The summed E-state index contributed by atoms with van der Waals surface area (Å²) in [6.07, 6.45) is 5.49. The fourth-order valence-corrected chi connectivity index (χ4v) is 4.00. The van der Waals surface area contributed by atoms with Gasteiger partial charge in [0, 0.05) is 17.0 Å². The molecule has 2 aliphatic rings. The molecule has 3 heteroatoms. The van der Waals surface area contributed by atoms with Crippen LogP contribution in [0, 0.1) is 24.7 Å². The second kappa shape index (κ2) is 5.20. The second-order valence-corrected chi connectivity index (χ2v) is 6.66. The Labute approximate surface area is 120 Å². The van der Waals surface area contributed by atoms with Crippen molar-refractivity contribution in [2.45, 2.75) is 37.5 Å². The van der Waals surface area contributed by atoms with Crippen molar-refractivity contribution in [3.8, 4) is 0 Å². The van der Waals surface area contributed by atoms with Crippen molar-refractivity contribution in [2.75, 3.05) is 6.54 Å². The number of rotatable bonds is 3. The highest BCUT2D eigenvalue weighted by molar-refractivity contribution is 7.80. The Morgan fingerprint density at radius 2 is 2.21 bits per heavy atom. The molecule has 1 aromatic rings. The summed E-state index contributed by atoms with van der Waals surface area (Å²) in [5, 5.41) is 3.12. The largest absolute Gasteiger partial charge is 0.352 e. The maximum atomic E-state index is 12.2. The fourth-order valence-electron chi connectivity index (χ4n) is 3.80. The van der Waals surface area contributed by atoms with E-state index in [1.165, 1.54) is 25.7 Å². The van der Waals surface area contributed by atoms with Crippen molar-refractivity contribution < 1.29 is 4.79 Å². The highest BCUT2D eigenvalue weighted by atomic mass is 32.1. The Hall–Kier alpha value is -0.960. The number of nitrogens with one attached hydrogen (secondary N) is 1. The Morgan fingerprint density at radius 3 is 2.89 bits per heavy atom. The van der Waals surface area contributed by atoms with Crippen LogP contribution >= 0.6 is 12.6 Å². The van der Waals surface area contributed by atoms with Gasteiger partial charge in [0.2, 0.25) is 0 Å². The minimum Gasteiger partial charge on any atom is -0.352 e. The minimum atomic E-state index is 0.0520. The molecule has 1 amide bonds. The molecule has 102 valence electrons. The van der Waals surface area contributed by atoms with Crippen LogP contribution in [-0.2, 0) is 0 Å². The van der Waals surface area contributed by atoms with Crippen molar-refractivity contribution in [1.82, 2.24) is 5.32 Å². The molecule has 3 atom stereocenters. The van der Waals surface area contributed by atoms with Crippen LogP contribution in [0.3, 0.4) is 0 Å². The zero-order valence-corrected chi connectivity index (χ0v) is 12.2. The third-order valence-corrected chi connectivity index (χ3v) is 5.15. The van der Waals surface area contributed by atoms with Crippen LogP contribution in [0.1, 0.15) is 41.6 Å². The van der Waals surface area contributed by atoms with Gasteiger partial charge in [0.05, 0.1) is 0 Å². The van der Waals surface area contributed by atoms with Gasteiger partial charge in [0.1, 0.15) is 0 Å². The predicted octanol–water partition coefficient (Wildman–Crippen LogP) is 3.45. The molecule has 0 saturated heterocycles. The third-order valence-electron chi connectivity index (χ3n) is 4.88. The van der Waals surface area contributed by atoms with E-state index in [4.69, 9.17) is 0 Å². The van der Waals surface area contributed by atoms with Gasteiger partial charge in [0.15, 0.2) is 0 Å². The van der Waals surface area contributed by atoms with Gasteiger partial charge < -0.3 is 5.32 Å². The quantitative estimate of drug-likeness (QED) is 0.813. The van der Waals surface area contributed by atoms with E-state index in [-0.39, 0.29) is 5.91 Å². The van der Waals surface area contributed by atoms with Crippen LogP contribution in [-0.4, -0.2) is 12.5 Å². The van der Waals surface area contributed by atoms with Crippen molar-refractivity contribution in [3.05, 3.63) is 29.3 Å². The number of carbonyl (C=O) groups is 1. The molecule has 19 heavy (non-hydrogen) atoms. The maximum absolute atomic E-state index is 12.2. The first-order valence-corrected chi connectivity index (χ1v) is 7.66. The first kappa shape index (κ1) is 13.0. The summed E-state index contributed by atoms with van der Waals surface area (Å²) in [7, 11) is 0. The number of carbonyl (C=O) groups excluding carboxylic acids is 1. The lowest BCUT2D eigenvalue weighted by atomic mass is 9.89. The summed E-state index contributed by atoms with van der Waals surface area (Å²) in [6.45, 7) is 2.82. The summed E-state index contributed by atoms with van der Waals surface area (Å²) in [6, 6.07) is 5.73. The van der Waals surface area contributed by atoms with Gasteiger partial charge in [-0.15, -0.1) is 12.6 Å². The molecule has 3 unspecified atom stereocenters. The van der Waals surface area contributed by atoms with E-state index in [1.54, 1.807) is 0 Å². The average Bonchev–Trinajstić information content (AvgIpc) is 3.01. The first-order chi connectivity index (χ1) is 9.13. The van der Waals surface area contributed by atoms with Gasteiger partial charge in [-0.25, -0.2) is 0 Å². The number of hydrogen-bond acceptors (Lipinski definition) is 2. The molecule has 1 aromatic carbocycles. The van der Waals surface area contributed by atoms with Crippen molar-refractivity contribution in [3.63, 3.8) is 0 Å². The Bertz CT molecular complexity index is 500. The SMILES string of the molecule is Cc1ccc(S)cc1C(=O)NCC1CC2CCC1C2. The smallest absolute Gasteiger partial charge is 0.251 e. The molecule has 1 N–H and O–H groups in total. The predicted molar refractivity (Wildman–Crippen MR) is 79.7 cm³/mol. The molecule has 2 bridgehead atoms. The van der Waals surface area contributed by atoms with Crippen LogP contribution in [0.25, 0.3) is 0 Å². The standard InChI is InChI=1S/C16H21NOS/c1-10-2-5-14(19)8-15(10)16(18)17-9-13-7-11-3-4-12(13)6-11/h2,5,8,11-13,19H,3-4,6-7,9H2,1H3,(H,17,18). The summed E-state index contributed by atoms with van der Waals surface area (Å²) in [5.74, 6) is 2.57. The average molecular weight is 275 g/mol. The topological polar surface area (TPSA) is 29.1 Å². The summed E-state index contributed by atoms with van der Waals surface area (Å²) in [4.78, 5) is 13.1. The molecule has 2 saturated carbocycles. The molecule has 2 aliphatic carbocycles. The normalized spacial score (nSPS) is 28.6. The van der Waals surface area contributed by atoms with Gasteiger partial charge in [-0.2, -0.15) is 0 Å². The minimum absolute atomic E-state index is 0.0520. The fraction of sp³-hybridized carbons (Fsp3) is 0.562. The van der Waals surface area contributed by atoms with Crippen molar-refractivity contribution in [1.29, 1.82) is 0 Å². The van der Waals surface area contributed by atoms with Gasteiger partial charge in [-0.05, 0) is 61.6 Å². The van der Waals surface area contributed by atoms with E-state index in [2.05, 4.69) is 17.9 Å². The first-order valence-electron chi connectivity index (χ1n) is 7.21. The molecule has 3 rings (SSSR count). The Balaban J connectivity index is 1.61. The van der Waals surface area contributed by atoms with E-state index in [0.717, 1.165) is 34.4 Å². The Morgan fingerprint density at radius 1 is 1.37 bits per heavy atom. The number of aryl methyl sites for hydroxylation is 1. The molecule has 0 heterocycles. The molecular weight excluding hydrogens is 254 g/mol. The van der Waals surface area contributed by atoms with Crippen LogP contribution in [0.2, 0.25) is 0 Å². The van der Waals surface area contributed by atoms with Crippen LogP contribution in [0.4, 0.5) is 0 Å². The highest BCUT2D eigenvalue weighted by Gasteiger charge is 2.39. The summed E-state index contributed by atoms with van der Waals surface area (Å²) >= 11 is 4.31. The molecule has 0 spiro atoms. The van der Waals surface area contributed by atoms with E-state index < -0.39 is 0 Å². The number of thiol groups is 1. The van der Waals surface area contributed by atoms with E-state index in [9.17, 15) is 4.79 Å². The Kier molecular flexibility index (Phi) is 3.57. The van der Waals surface area contributed by atoms with Crippen LogP contribution in [0.5, 0.6) is 0 Å². The van der Waals surface area contributed by atoms with Crippen LogP contribution in [0.15, 0.2) is 23.1 Å². The van der Waals surface area contributed by atoms with Gasteiger partial charge >= 0.3 is 0 Å². The van der Waals surface area contributed by atoms with Gasteiger partial charge in [0.25, 0.3) is 5.91 Å². The molecule has 0 aromatic heterocycles. The molecule has 0 radical (unpaired) electrons. The van der Waals surface area contributed by atoms with Gasteiger partial charge in [-0.1, -0.05) is 12.5 Å². The number of hydrogen-bond donors (Lipinski definition) is 2. The highest BCUT2D eigenvalue weighted by Crippen LogP contribution is 2.47. The van der Waals surface area contributed by atoms with E-state index in [0.29, 0.717) is 5.92 Å². The maximum Gasteiger partial charge on any atom is 0.251 e. The van der Waals surface area contributed by atoms with Gasteiger partial charge in [-0.3, -0.25) is 4.79 Å². The van der Waals surface area contributed by atoms with E-state index >= 15 is 0 Å². The number of fused-ring (bicyclic) bond motifs is 2. The third kappa shape index (κ3) is 2.66. The lowest BCUT2D eigenvalue weighted by Crippen LogP contribution is -2.32. The summed E-state index contributed by atoms with van der Waals surface area (Å²) < 4.78 is 0. The molecule has 0 aliphatic heterocycles. The summed E-state index contributed by atoms with van der Waals surface area (Å²) in [5.41, 5.74) is 1.78. The monoisotopic (exact) mass is 275 g/mol. The number of benzene rings is 1. The molecular formula is C16H21NOS. The second-order valence-electron chi connectivity index (χ2n) is 6.14. The molecule has 2 nitrogen and oxygen atoms in total. The lowest BCUT2D eigenvalue weighted by Gasteiger charge is -2.22. The van der Waals surface area contributed by atoms with Crippen molar-refractivity contribution in [2.24, 2.45) is 17.8 Å².